The van der Waals surface area contributed by atoms with Gasteiger partial charge in [0, 0.05) is 31.1 Å². The summed E-state index contributed by atoms with van der Waals surface area (Å²) in [6, 6.07) is 6.69. The normalized spacial score (nSPS) is 12.3. The predicted molar refractivity (Wildman–Crippen MR) is 97.9 cm³/mol. The van der Waals surface area contributed by atoms with Crippen LogP contribution in [0.4, 0.5) is 14.6 Å². The number of pyridine rings is 1. The van der Waals surface area contributed by atoms with Crippen LogP contribution in [0.15, 0.2) is 48.9 Å². The summed E-state index contributed by atoms with van der Waals surface area (Å²) in [6.45, 7) is 1.81. The molecule has 1 N–H and O–H groups in total. The maximum Gasteiger partial charge on any atom is 0.164 e. The molecule has 8 heteroatoms. The van der Waals surface area contributed by atoms with E-state index in [-0.39, 0.29) is 6.04 Å². The van der Waals surface area contributed by atoms with Crippen molar-refractivity contribution in [1.82, 2.24) is 24.7 Å². The summed E-state index contributed by atoms with van der Waals surface area (Å²) < 4.78 is 28.8. The van der Waals surface area contributed by atoms with Crippen molar-refractivity contribution >= 4 is 16.9 Å². The van der Waals surface area contributed by atoms with Crippen molar-refractivity contribution < 1.29 is 8.78 Å². The minimum absolute atomic E-state index is 0.376. The number of halogens is 2. The van der Waals surface area contributed by atoms with Gasteiger partial charge in [0.2, 0.25) is 0 Å². The van der Waals surface area contributed by atoms with Gasteiger partial charge in [0.1, 0.15) is 17.5 Å². The Balaban J connectivity index is 1.78. The Morgan fingerprint density at radius 1 is 1.04 bits per heavy atom. The van der Waals surface area contributed by atoms with Gasteiger partial charge >= 0.3 is 0 Å². The molecular formula is C19H16F2N6. The average Bonchev–Trinajstić information content (AvgIpc) is 3.03. The van der Waals surface area contributed by atoms with Crippen LogP contribution < -0.4 is 5.32 Å². The molecule has 3 heterocycles. The third-order valence-electron chi connectivity index (χ3n) is 4.27. The summed E-state index contributed by atoms with van der Waals surface area (Å²) in [5.41, 5.74) is 1.94. The number of nitrogens with zero attached hydrogens (tertiary/aromatic N) is 5. The number of aryl methyl sites for hydroxylation is 1. The smallest absolute Gasteiger partial charge is 0.164 e. The minimum atomic E-state index is -0.620. The second kappa shape index (κ2) is 6.71. The molecule has 0 aliphatic rings. The topological polar surface area (TPSA) is 68.5 Å². The average molecular weight is 366 g/mol. The molecule has 1 aromatic carbocycles. The monoisotopic (exact) mass is 366 g/mol. The van der Waals surface area contributed by atoms with Gasteiger partial charge in [0.15, 0.2) is 11.5 Å². The zero-order chi connectivity index (χ0) is 19.0. The minimum Gasteiger partial charge on any atom is -0.363 e. The van der Waals surface area contributed by atoms with Gasteiger partial charge in [-0.25, -0.2) is 18.7 Å². The van der Waals surface area contributed by atoms with Crippen molar-refractivity contribution in [3.05, 3.63) is 66.1 Å². The van der Waals surface area contributed by atoms with Gasteiger partial charge in [0.25, 0.3) is 0 Å². The van der Waals surface area contributed by atoms with E-state index in [0.29, 0.717) is 22.9 Å². The molecule has 0 spiro atoms. The summed E-state index contributed by atoms with van der Waals surface area (Å²) in [5.74, 6) is -0.193. The molecule has 4 aromatic rings. The second-order valence-corrected chi connectivity index (χ2v) is 6.21. The molecule has 27 heavy (non-hydrogen) atoms. The number of aromatic nitrogens is 5. The number of anilines is 1. The Kier molecular flexibility index (Phi) is 4.23. The molecule has 0 amide bonds. The maximum atomic E-state index is 13.6. The third kappa shape index (κ3) is 3.33. The van der Waals surface area contributed by atoms with E-state index < -0.39 is 11.6 Å². The molecule has 4 rings (SSSR count). The van der Waals surface area contributed by atoms with Gasteiger partial charge < -0.3 is 5.32 Å². The van der Waals surface area contributed by atoms with Gasteiger partial charge in [-0.05, 0) is 36.8 Å². The first kappa shape index (κ1) is 17.0. The number of nitrogens with one attached hydrogen (secondary N) is 1. The van der Waals surface area contributed by atoms with Gasteiger partial charge in [-0.3, -0.25) is 9.67 Å². The zero-order valence-corrected chi connectivity index (χ0v) is 14.7. The van der Waals surface area contributed by atoms with E-state index in [4.69, 9.17) is 0 Å². The lowest BCUT2D eigenvalue weighted by atomic mass is 10.1. The first-order valence-electron chi connectivity index (χ1n) is 8.34. The predicted octanol–water partition coefficient (Wildman–Crippen LogP) is 3.88. The van der Waals surface area contributed by atoms with E-state index >= 15 is 0 Å². The van der Waals surface area contributed by atoms with E-state index in [1.165, 1.54) is 12.1 Å². The lowest BCUT2D eigenvalue weighted by molar-refractivity contribution is 0.577. The molecule has 0 fully saturated rings. The summed E-state index contributed by atoms with van der Waals surface area (Å²) in [6.07, 6.45) is 4.99. The molecule has 0 bridgehead atoms. The quantitative estimate of drug-likeness (QED) is 0.594. The van der Waals surface area contributed by atoms with Gasteiger partial charge in [-0.1, -0.05) is 0 Å². The van der Waals surface area contributed by atoms with Crippen molar-refractivity contribution in [2.75, 3.05) is 5.32 Å². The van der Waals surface area contributed by atoms with Crippen LogP contribution in [0.1, 0.15) is 18.5 Å². The SMILES string of the molecule is C[C@H](Nc1nc(-c2ccncc2)nc2c1cnn2C)c1cc(F)cc(F)c1. The Labute approximate surface area is 153 Å². The van der Waals surface area contributed by atoms with Crippen LogP contribution in [0.3, 0.4) is 0 Å². The lowest BCUT2D eigenvalue weighted by Gasteiger charge is -2.16. The molecule has 0 saturated carbocycles. The zero-order valence-electron chi connectivity index (χ0n) is 14.7. The molecule has 1 atom stereocenters. The van der Waals surface area contributed by atoms with Crippen molar-refractivity contribution in [2.24, 2.45) is 7.05 Å². The van der Waals surface area contributed by atoms with Crippen LogP contribution in [0.2, 0.25) is 0 Å². The number of fused-ring (bicyclic) bond motifs is 1. The Morgan fingerprint density at radius 2 is 1.74 bits per heavy atom. The molecule has 0 aliphatic carbocycles. The number of hydrogen-bond acceptors (Lipinski definition) is 5. The first-order chi connectivity index (χ1) is 13.0. The van der Waals surface area contributed by atoms with Crippen molar-refractivity contribution in [2.45, 2.75) is 13.0 Å². The fourth-order valence-corrected chi connectivity index (χ4v) is 2.88. The lowest BCUT2D eigenvalue weighted by Crippen LogP contribution is -2.10. The summed E-state index contributed by atoms with van der Waals surface area (Å²) in [5, 5.41) is 8.19. The van der Waals surface area contributed by atoms with E-state index in [1.54, 1.807) is 30.3 Å². The number of benzene rings is 1. The number of rotatable bonds is 4. The Morgan fingerprint density at radius 3 is 2.44 bits per heavy atom. The molecule has 6 nitrogen and oxygen atoms in total. The van der Waals surface area contributed by atoms with Crippen molar-refractivity contribution in [3.8, 4) is 11.4 Å². The highest BCUT2D eigenvalue weighted by molar-refractivity contribution is 5.88. The van der Waals surface area contributed by atoms with Gasteiger partial charge in [-0.15, -0.1) is 0 Å². The highest BCUT2D eigenvalue weighted by Gasteiger charge is 2.16. The molecule has 0 unspecified atom stereocenters. The summed E-state index contributed by atoms with van der Waals surface area (Å²) >= 11 is 0. The van der Waals surface area contributed by atoms with Crippen LogP contribution in [-0.2, 0) is 7.05 Å². The van der Waals surface area contributed by atoms with Crippen LogP contribution in [0.25, 0.3) is 22.4 Å². The fraction of sp³-hybridized carbons (Fsp3) is 0.158. The second-order valence-electron chi connectivity index (χ2n) is 6.21. The molecular weight excluding hydrogens is 350 g/mol. The van der Waals surface area contributed by atoms with Crippen LogP contribution in [0, 0.1) is 11.6 Å². The Hall–Kier alpha value is -3.42. The molecule has 0 radical (unpaired) electrons. The fourth-order valence-electron chi connectivity index (χ4n) is 2.88. The van der Waals surface area contributed by atoms with E-state index in [9.17, 15) is 8.78 Å². The van der Waals surface area contributed by atoms with Crippen molar-refractivity contribution in [1.29, 1.82) is 0 Å². The molecule has 0 saturated heterocycles. The van der Waals surface area contributed by atoms with E-state index in [1.807, 2.05) is 19.1 Å². The maximum absolute atomic E-state index is 13.6. The third-order valence-corrected chi connectivity index (χ3v) is 4.27. The van der Waals surface area contributed by atoms with Gasteiger partial charge in [0.05, 0.1) is 17.6 Å². The highest BCUT2D eigenvalue weighted by atomic mass is 19.1. The standard InChI is InChI=1S/C19H16F2N6/c1-11(13-7-14(20)9-15(21)8-13)24-18-16-10-23-27(2)19(16)26-17(25-18)12-3-5-22-6-4-12/h3-11H,1-2H3,(H,24,25,26)/t11-/m0/s1. The molecule has 136 valence electrons. The summed E-state index contributed by atoms with van der Waals surface area (Å²) in [4.78, 5) is 13.2. The first-order valence-corrected chi connectivity index (χ1v) is 8.34. The Bertz CT molecular complexity index is 1090. The van der Waals surface area contributed by atoms with E-state index in [0.717, 1.165) is 17.0 Å². The number of hydrogen-bond donors (Lipinski definition) is 1. The van der Waals surface area contributed by atoms with E-state index in [2.05, 4.69) is 25.4 Å². The van der Waals surface area contributed by atoms with Crippen LogP contribution in [0.5, 0.6) is 0 Å². The van der Waals surface area contributed by atoms with Crippen LogP contribution in [-0.4, -0.2) is 24.7 Å². The van der Waals surface area contributed by atoms with Crippen LogP contribution >= 0.6 is 0 Å². The van der Waals surface area contributed by atoms with Crippen molar-refractivity contribution in [3.63, 3.8) is 0 Å². The summed E-state index contributed by atoms with van der Waals surface area (Å²) in [7, 11) is 1.79. The molecule has 3 aromatic heterocycles. The van der Waals surface area contributed by atoms with Gasteiger partial charge in [-0.2, -0.15) is 5.10 Å². The largest absolute Gasteiger partial charge is 0.363 e. The highest BCUT2D eigenvalue weighted by Crippen LogP contribution is 2.28. The molecule has 0 aliphatic heterocycles.